The first-order valence-electron chi connectivity index (χ1n) is 1.66. The molecule has 0 spiro atoms. The minimum atomic E-state index is -0.678. The summed E-state index contributed by atoms with van der Waals surface area (Å²) in [5.74, 6) is -0.678. The quantitative estimate of drug-likeness (QED) is 0.360. The van der Waals surface area contributed by atoms with Crippen molar-refractivity contribution >= 4 is 5.97 Å². The number of carbonyl (C=O) groups excluding carboxylic acids is 1. The van der Waals surface area contributed by atoms with Crippen LogP contribution in [-0.2, 0) is 9.53 Å². The average molecular weight is 104 g/mol. The van der Waals surface area contributed by atoms with E-state index in [9.17, 15) is 9.18 Å². The molecule has 0 aromatic heterocycles. The number of halogens is 1. The summed E-state index contributed by atoms with van der Waals surface area (Å²) in [5.41, 5.74) is 0. The monoisotopic (exact) mass is 104 g/mol. The second-order valence-corrected chi connectivity index (χ2v) is 0.816. The molecule has 0 rings (SSSR count). The van der Waals surface area contributed by atoms with Crippen LogP contribution in [0.2, 0.25) is 0 Å². The van der Waals surface area contributed by atoms with Gasteiger partial charge in [0, 0.05) is 0 Å². The van der Waals surface area contributed by atoms with Crippen molar-refractivity contribution in [3.8, 4) is 0 Å². The van der Waals surface area contributed by atoms with E-state index in [1.54, 1.807) is 0 Å². The van der Waals surface area contributed by atoms with E-state index in [-0.39, 0.29) is 6.33 Å². The Morgan fingerprint density at radius 3 is 2.57 bits per heavy atom. The molecule has 0 atom stereocenters. The van der Waals surface area contributed by atoms with Crippen LogP contribution < -0.4 is 0 Å². The van der Waals surface area contributed by atoms with Gasteiger partial charge in [-0.05, 0) is 0 Å². The topological polar surface area (TPSA) is 26.3 Å². The third-order valence-electron chi connectivity index (χ3n) is 0.400. The Kier molecular flexibility index (Phi) is 2.92. The highest BCUT2D eigenvalue weighted by Crippen LogP contribution is 1.75. The molecule has 0 aromatic carbocycles. The standard InChI is InChI=1S/C4H5FO2/c1-7-4(6)2-3-5/h2-3H,1H3/b3-2+. The molecule has 0 unspecified atom stereocenters. The fourth-order valence-corrected chi connectivity index (χ4v) is 0.119. The Labute approximate surface area is 40.6 Å². The SMILES string of the molecule is COC(=O)/C=C/F. The molecule has 0 aliphatic heterocycles. The number of ether oxygens (including phenoxy) is 1. The first-order chi connectivity index (χ1) is 3.31. The predicted octanol–water partition coefficient (Wildman–Crippen LogP) is 0.643. The zero-order valence-corrected chi connectivity index (χ0v) is 3.85. The zero-order valence-electron chi connectivity index (χ0n) is 3.85. The summed E-state index contributed by atoms with van der Waals surface area (Å²) in [7, 11) is 1.18. The van der Waals surface area contributed by atoms with E-state index >= 15 is 0 Å². The molecular formula is C4H5FO2. The van der Waals surface area contributed by atoms with Crippen molar-refractivity contribution in [2.45, 2.75) is 0 Å². The van der Waals surface area contributed by atoms with Crippen molar-refractivity contribution in [3.63, 3.8) is 0 Å². The molecule has 3 heteroatoms. The number of rotatable bonds is 1. The molecule has 0 aromatic rings. The van der Waals surface area contributed by atoms with Gasteiger partial charge in [-0.2, -0.15) is 0 Å². The molecule has 0 aliphatic carbocycles. The van der Waals surface area contributed by atoms with Crippen LogP contribution in [-0.4, -0.2) is 13.1 Å². The van der Waals surface area contributed by atoms with Crippen LogP contribution in [0.4, 0.5) is 4.39 Å². The maximum atomic E-state index is 10.9. The summed E-state index contributed by atoms with van der Waals surface area (Å²) in [6.07, 6.45) is 0.825. The molecule has 0 bridgehead atoms. The van der Waals surface area contributed by atoms with Crippen molar-refractivity contribution in [2.75, 3.05) is 7.11 Å². The van der Waals surface area contributed by atoms with Crippen molar-refractivity contribution < 1.29 is 13.9 Å². The first-order valence-corrected chi connectivity index (χ1v) is 1.66. The summed E-state index contributed by atoms with van der Waals surface area (Å²) >= 11 is 0. The summed E-state index contributed by atoms with van der Waals surface area (Å²) in [6, 6.07) is 0. The number of esters is 1. The number of hydrogen-bond donors (Lipinski definition) is 0. The minimum Gasteiger partial charge on any atom is -0.466 e. The maximum absolute atomic E-state index is 10.9. The van der Waals surface area contributed by atoms with E-state index in [1.807, 2.05) is 0 Å². The lowest BCUT2D eigenvalue weighted by atomic mass is 10.7. The lowest BCUT2D eigenvalue weighted by molar-refractivity contribution is -0.134. The molecule has 0 N–H and O–H groups in total. The van der Waals surface area contributed by atoms with Crippen LogP contribution in [0.3, 0.4) is 0 Å². The molecule has 0 aliphatic rings. The fraction of sp³-hybridized carbons (Fsp3) is 0.250. The largest absolute Gasteiger partial charge is 0.466 e. The van der Waals surface area contributed by atoms with E-state index in [1.165, 1.54) is 7.11 Å². The Balaban J connectivity index is 3.37. The Morgan fingerprint density at radius 1 is 1.86 bits per heavy atom. The third-order valence-corrected chi connectivity index (χ3v) is 0.400. The van der Waals surface area contributed by atoms with Crippen molar-refractivity contribution in [3.05, 3.63) is 12.4 Å². The lowest BCUT2D eigenvalue weighted by Gasteiger charge is -1.83. The second-order valence-electron chi connectivity index (χ2n) is 0.816. The molecule has 0 fully saturated rings. The van der Waals surface area contributed by atoms with E-state index < -0.39 is 5.97 Å². The van der Waals surface area contributed by atoms with E-state index in [2.05, 4.69) is 4.74 Å². The second kappa shape index (κ2) is 3.33. The third kappa shape index (κ3) is 2.96. The van der Waals surface area contributed by atoms with Gasteiger partial charge in [0.2, 0.25) is 0 Å². The smallest absolute Gasteiger partial charge is 0.332 e. The summed E-state index contributed by atoms with van der Waals surface area (Å²) in [6.45, 7) is 0. The highest BCUT2D eigenvalue weighted by molar-refractivity contribution is 5.81. The number of hydrogen-bond acceptors (Lipinski definition) is 2. The van der Waals surface area contributed by atoms with E-state index in [0.29, 0.717) is 6.08 Å². The minimum absolute atomic E-state index is 0.131. The number of methoxy groups -OCH3 is 1. The van der Waals surface area contributed by atoms with Crippen molar-refractivity contribution in [2.24, 2.45) is 0 Å². The lowest BCUT2D eigenvalue weighted by Crippen LogP contribution is -1.92. The Bertz CT molecular complexity index is 87.7. The van der Waals surface area contributed by atoms with Gasteiger partial charge in [-0.3, -0.25) is 0 Å². The molecule has 0 heterocycles. The summed E-state index contributed by atoms with van der Waals surface area (Å²) in [5, 5.41) is 0. The van der Waals surface area contributed by atoms with Crippen LogP contribution in [0.5, 0.6) is 0 Å². The van der Waals surface area contributed by atoms with Gasteiger partial charge >= 0.3 is 5.97 Å². The Hall–Kier alpha value is -0.860. The highest BCUT2D eigenvalue weighted by Gasteiger charge is 1.85. The van der Waals surface area contributed by atoms with E-state index in [0.717, 1.165) is 0 Å². The van der Waals surface area contributed by atoms with Gasteiger partial charge in [0.15, 0.2) is 0 Å². The highest BCUT2D eigenvalue weighted by atomic mass is 19.1. The van der Waals surface area contributed by atoms with Gasteiger partial charge in [0.25, 0.3) is 0 Å². The molecule has 7 heavy (non-hydrogen) atoms. The van der Waals surface area contributed by atoms with Crippen LogP contribution in [0.15, 0.2) is 12.4 Å². The average Bonchev–Trinajstić information content (AvgIpc) is 1.68. The van der Waals surface area contributed by atoms with Crippen LogP contribution in [0.1, 0.15) is 0 Å². The first kappa shape index (κ1) is 6.14. The van der Waals surface area contributed by atoms with E-state index in [4.69, 9.17) is 0 Å². The van der Waals surface area contributed by atoms with Gasteiger partial charge in [0.1, 0.15) is 0 Å². The maximum Gasteiger partial charge on any atom is 0.332 e. The summed E-state index contributed by atoms with van der Waals surface area (Å²) < 4.78 is 15.0. The van der Waals surface area contributed by atoms with Gasteiger partial charge in [-0.15, -0.1) is 0 Å². The zero-order chi connectivity index (χ0) is 5.70. The van der Waals surface area contributed by atoms with Crippen molar-refractivity contribution in [1.82, 2.24) is 0 Å². The molecular weight excluding hydrogens is 99.0 g/mol. The van der Waals surface area contributed by atoms with Gasteiger partial charge in [-0.1, -0.05) is 0 Å². The normalized spacial score (nSPS) is 9.43. The fourth-order valence-electron chi connectivity index (χ4n) is 0.119. The van der Waals surface area contributed by atoms with Crippen LogP contribution >= 0.6 is 0 Å². The molecule has 0 radical (unpaired) electrons. The van der Waals surface area contributed by atoms with Crippen LogP contribution in [0, 0.1) is 0 Å². The van der Waals surface area contributed by atoms with Crippen molar-refractivity contribution in [1.29, 1.82) is 0 Å². The number of carbonyl (C=O) groups is 1. The molecule has 2 nitrogen and oxygen atoms in total. The molecule has 0 saturated carbocycles. The van der Waals surface area contributed by atoms with Gasteiger partial charge < -0.3 is 4.74 Å². The van der Waals surface area contributed by atoms with Crippen LogP contribution in [0.25, 0.3) is 0 Å². The molecule has 0 amide bonds. The molecule has 0 saturated heterocycles. The Morgan fingerprint density at radius 2 is 2.43 bits per heavy atom. The van der Waals surface area contributed by atoms with Gasteiger partial charge in [-0.25, -0.2) is 9.18 Å². The van der Waals surface area contributed by atoms with Gasteiger partial charge in [0.05, 0.1) is 19.5 Å². The summed E-state index contributed by atoms with van der Waals surface area (Å²) in [4.78, 5) is 9.86. The molecule has 40 valence electrons. The predicted molar refractivity (Wildman–Crippen MR) is 22.3 cm³/mol.